The van der Waals surface area contributed by atoms with Crippen LogP contribution in [0.5, 0.6) is 0 Å². The lowest BCUT2D eigenvalue weighted by Gasteiger charge is -2.14. The third kappa shape index (κ3) is 4.55. The van der Waals surface area contributed by atoms with E-state index in [-0.39, 0.29) is 23.6 Å². The van der Waals surface area contributed by atoms with Crippen molar-refractivity contribution in [3.63, 3.8) is 0 Å². The molecule has 9 heteroatoms. The topological polar surface area (TPSA) is 106 Å². The second-order valence-electron chi connectivity index (χ2n) is 6.73. The Balaban J connectivity index is 1.96. The number of halogens is 1. The molecule has 0 fully saturated rings. The number of ketones is 1. The first-order valence-corrected chi connectivity index (χ1v) is 9.52. The van der Waals surface area contributed by atoms with Crippen molar-refractivity contribution in [3.8, 4) is 5.82 Å². The van der Waals surface area contributed by atoms with Gasteiger partial charge in [0.25, 0.3) is 11.8 Å². The van der Waals surface area contributed by atoms with Gasteiger partial charge in [-0.2, -0.15) is 5.10 Å². The first-order chi connectivity index (χ1) is 14.3. The zero-order chi connectivity index (χ0) is 21.8. The maximum absolute atomic E-state index is 13.1. The van der Waals surface area contributed by atoms with Crippen LogP contribution in [-0.2, 0) is 4.79 Å². The minimum atomic E-state index is -0.479. The van der Waals surface area contributed by atoms with E-state index in [1.807, 2.05) is 0 Å². The Morgan fingerprint density at radius 3 is 2.57 bits per heavy atom. The van der Waals surface area contributed by atoms with E-state index in [1.165, 1.54) is 11.6 Å². The Morgan fingerprint density at radius 2 is 1.87 bits per heavy atom. The summed E-state index contributed by atoms with van der Waals surface area (Å²) in [6, 6.07) is 10.00. The second kappa shape index (κ2) is 8.87. The summed E-state index contributed by atoms with van der Waals surface area (Å²) in [5.74, 6) is -0.788. The molecule has 3 rings (SSSR count). The summed E-state index contributed by atoms with van der Waals surface area (Å²) in [6.07, 6.45) is 1.55. The lowest BCUT2D eigenvalue weighted by atomic mass is 10.1. The molecule has 0 aliphatic rings. The van der Waals surface area contributed by atoms with E-state index in [0.29, 0.717) is 27.8 Å². The predicted molar refractivity (Wildman–Crippen MR) is 113 cm³/mol. The van der Waals surface area contributed by atoms with Gasteiger partial charge in [-0.3, -0.25) is 14.4 Å². The SMILES string of the molecule is CC(=O)CNC(=O)c1cccc(C)c1NC(=O)c1cc(C)nn1-c1ncccc1Cl. The number of pyridine rings is 1. The second-order valence-corrected chi connectivity index (χ2v) is 7.14. The summed E-state index contributed by atoms with van der Waals surface area (Å²) >= 11 is 6.22. The summed E-state index contributed by atoms with van der Waals surface area (Å²) in [5.41, 5.74) is 2.11. The number of anilines is 1. The zero-order valence-electron chi connectivity index (χ0n) is 16.7. The molecule has 0 atom stereocenters. The van der Waals surface area contributed by atoms with Crippen LogP contribution in [0.25, 0.3) is 5.82 Å². The van der Waals surface area contributed by atoms with Gasteiger partial charge in [0.05, 0.1) is 28.5 Å². The Kier molecular flexibility index (Phi) is 6.27. The quantitative estimate of drug-likeness (QED) is 0.631. The van der Waals surface area contributed by atoms with Crippen LogP contribution in [0.2, 0.25) is 5.02 Å². The van der Waals surface area contributed by atoms with Gasteiger partial charge in [0.1, 0.15) is 11.5 Å². The van der Waals surface area contributed by atoms with Crippen LogP contribution in [0, 0.1) is 13.8 Å². The fraction of sp³-hybridized carbons (Fsp3) is 0.190. The first kappa shape index (κ1) is 21.2. The number of amides is 2. The highest BCUT2D eigenvalue weighted by Gasteiger charge is 2.21. The number of para-hydroxylation sites is 1. The lowest BCUT2D eigenvalue weighted by Crippen LogP contribution is -2.29. The van der Waals surface area contributed by atoms with Crippen LogP contribution < -0.4 is 10.6 Å². The number of benzene rings is 1. The number of hydrogen-bond donors (Lipinski definition) is 2. The number of carbonyl (C=O) groups is 3. The fourth-order valence-electron chi connectivity index (χ4n) is 2.86. The molecule has 0 bridgehead atoms. The van der Waals surface area contributed by atoms with Gasteiger partial charge >= 0.3 is 0 Å². The number of nitrogens with one attached hydrogen (secondary N) is 2. The molecule has 1 aromatic carbocycles. The molecule has 2 N–H and O–H groups in total. The maximum Gasteiger partial charge on any atom is 0.274 e. The van der Waals surface area contributed by atoms with E-state index in [0.717, 1.165) is 0 Å². The molecule has 0 aliphatic heterocycles. The van der Waals surface area contributed by atoms with Crippen molar-refractivity contribution >= 4 is 34.9 Å². The average molecular weight is 426 g/mol. The summed E-state index contributed by atoms with van der Waals surface area (Å²) in [7, 11) is 0. The standard InChI is InChI=1S/C21H20ClN5O3/c1-12-6-4-7-15(20(29)24-11-14(3)28)18(12)25-21(30)17-10-13(2)26-27(17)19-16(22)8-5-9-23-19/h4-10H,11H2,1-3H3,(H,24,29)(H,25,30). The molecule has 0 saturated carbocycles. The minimum absolute atomic E-state index is 0.0930. The highest BCUT2D eigenvalue weighted by atomic mass is 35.5. The average Bonchev–Trinajstić information content (AvgIpc) is 3.09. The van der Waals surface area contributed by atoms with E-state index in [9.17, 15) is 14.4 Å². The van der Waals surface area contributed by atoms with E-state index in [2.05, 4.69) is 20.7 Å². The van der Waals surface area contributed by atoms with E-state index in [4.69, 9.17) is 11.6 Å². The van der Waals surface area contributed by atoms with Gasteiger partial charge in [-0.15, -0.1) is 0 Å². The molecule has 8 nitrogen and oxygen atoms in total. The molecular formula is C21H20ClN5O3. The van der Waals surface area contributed by atoms with Crippen molar-refractivity contribution in [2.24, 2.45) is 0 Å². The third-order valence-electron chi connectivity index (χ3n) is 4.26. The van der Waals surface area contributed by atoms with Gasteiger partial charge in [0.15, 0.2) is 5.82 Å². The molecule has 2 aromatic heterocycles. The molecule has 2 amide bonds. The molecule has 3 aromatic rings. The van der Waals surface area contributed by atoms with Crippen LogP contribution in [0.1, 0.15) is 39.0 Å². The molecule has 30 heavy (non-hydrogen) atoms. The summed E-state index contributed by atoms with van der Waals surface area (Å²) < 4.78 is 1.36. The van der Waals surface area contributed by atoms with Gasteiger partial charge < -0.3 is 10.6 Å². The highest BCUT2D eigenvalue weighted by molar-refractivity contribution is 6.32. The zero-order valence-corrected chi connectivity index (χ0v) is 17.4. The van der Waals surface area contributed by atoms with Gasteiger partial charge in [0.2, 0.25) is 0 Å². The van der Waals surface area contributed by atoms with Crippen molar-refractivity contribution in [2.45, 2.75) is 20.8 Å². The van der Waals surface area contributed by atoms with E-state index < -0.39 is 11.8 Å². The van der Waals surface area contributed by atoms with Crippen molar-refractivity contribution < 1.29 is 14.4 Å². The van der Waals surface area contributed by atoms with Crippen LogP contribution in [-0.4, -0.2) is 38.9 Å². The largest absolute Gasteiger partial charge is 0.345 e. The van der Waals surface area contributed by atoms with E-state index >= 15 is 0 Å². The fourth-order valence-corrected chi connectivity index (χ4v) is 3.06. The lowest BCUT2D eigenvalue weighted by molar-refractivity contribution is -0.116. The minimum Gasteiger partial charge on any atom is -0.345 e. The molecule has 0 aliphatic carbocycles. The first-order valence-electron chi connectivity index (χ1n) is 9.14. The molecule has 2 heterocycles. The summed E-state index contributed by atoms with van der Waals surface area (Å²) in [5, 5.41) is 10.0. The number of hydrogen-bond acceptors (Lipinski definition) is 5. The molecule has 154 valence electrons. The third-order valence-corrected chi connectivity index (χ3v) is 4.55. The number of rotatable bonds is 6. The van der Waals surface area contributed by atoms with Crippen molar-refractivity contribution in [1.29, 1.82) is 0 Å². The highest BCUT2D eigenvalue weighted by Crippen LogP contribution is 2.23. The number of nitrogens with zero attached hydrogens (tertiary/aromatic N) is 3. The summed E-state index contributed by atoms with van der Waals surface area (Å²) in [6.45, 7) is 4.81. The molecule has 0 saturated heterocycles. The van der Waals surface area contributed by atoms with Gasteiger partial charge in [-0.05, 0) is 50.6 Å². The van der Waals surface area contributed by atoms with Crippen LogP contribution >= 0.6 is 11.6 Å². The number of Topliss-reactive ketones (excluding diaryl/α,β-unsaturated/α-hetero) is 1. The monoisotopic (exact) mass is 425 g/mol. The molecule has 0 unspecified atom stereocenters. The normalized spacial score (nSPS) is 10.5. The smallest absolute Gasteiger partial charge is 0.274 e. The number of carbonyl (C=O) groups excluding carboxylic acids is 3. The van der Waals surface area contributed by atoms with Crippen LogP contribution in [0.15, 0.2) is 42.6 Å². The Morgan fingerprint density at radius 1 is 1.10 bits per heavy atom. The van der Waals surface area contributed by atoms with Crippen LogP contribution in [0.4, 0.5) is 5.69 Å². The van der Waals surface area contributed by atoms with Crippen molar-refractivity contribution in [3.05, 3.63) is 70.1 Å². The summed E-state index contributed by atoms with van der Waals surface area (Å²) in [4.78, 5) is 41.0. The Labute approximate surface area is 178 Å². The predicted octanol–water partition coefficient (Wildman–Crippen LogP) is 3.11. The van der Waals surface area contributed by atoms with Gasteiger partial charge in [-0.1, -0.05) is 23.7 Å². The van der Waals surface area contributed by atoms with Crippen molar-refractivity contribution in [2.75, 3.05) is 11.9 Å². The maximum atomic E-state index is 13.1. The molecular weight excluding hydrogens is 406 g/mol. The van der Waals surface area contributed by atoms with Crippen molar-refractivity contribution in [1.82, 2.24) is 20.1 Å². The Bertz CT molecular complexity index is 1140. The number of aryl methyl sites for hydroxylation is 2. The Hall–Kier alpha value is -3.52. The van der Waals surface area contributed by atoms with Gasteiger partial charge in [0, 0.05) is 6.20 Å². The van der Waals surface area contributed by atoms with Crippen LogP contribution in [0.3, 0.4) is 0 Å². The molecule has 0 radical (unpaired) electrons. The molecule has 0 spiro atoms. The van der Waals surface area contributed by atoms with Gasteiger partial charge in [-0.25, -0.2) is 9.67 Å². The number of aromatic nitrogens is 3. The van der Waals surface area contributed by atoms with E-state index in [1.54, 1.807) is 56.4 Å².